The topological polar surface area (TPSA) is 26.3 Å². The fourth-order valence-electron chi connectivity index (χ4n) is 3.68. The van der Waals surface area contributed by atoms with E-state index in [1.165, 1.54) is 11.1 Å². The molecule has 0 N–H and O–H groups in total. The van der Waals surface area contributed by atoms with Gasteiger partial charge in [-0.25, -0.2) is 0 Å². The molecule has 0 aromatic heterocycles. The quantitative estimate of drug-likeness (QED) is 0.698. The van der Waals surface area contributed by atoms with Gasteiger partial charge in [-0.15, -0.1) is 0 Å². The number of ether oxygens (including phenoxy) is 1. The Bertz CT molecular complexity index is 752. The monoisotopic (exact) mass is 324 g/mol. The number of Topliss-reactive ketones (excluding diaryl/α,β-unsaturated/α-hetero) is 1. The van der Waals surface area contributed by atoms with Crippen molar-refractivity contribution in [1.29, 1.82) is 0 Å². The number of carbonyl (C=O) groups is 1. The lowest BCUT2D eigenvalue weighted by Crippen LogP contribution is -2.20. The largest absolute Gasteiger partial charge is 0.496 e. The lowest BCUT2D eigenvalue weighted by Gasteiger charge is -2.29. The predicted octanol–water partition coefficient (Wildman–Crippen LogP) is 5.46. The number of aryl methyl sites for hydroxylation is 4. The summed E-state index contributed by atoms with van der Waals surface area (Å²) in [6, 6.07) is 8.71. The van der Waals surface area contributed by atoms with E-state index in [1.54, 1.807) is 14.0 Å². The van der Waals surface area contributed by atoms with Crippen LogP contribution in [-0.2, 0) is 5.41 Å². The number of hydrogen-bond acceptors (Lipinski definition) is 2. The molecule has 0 bridgehead atoms. The van der Waals surface area contributed by atoms with E-state index >= 15 is 0 Å². The molecule has 0 aliphatic rings. The molecule has 24 heavy (non-hydrogen) atoms. The zero-order valence-electron chi connectivity index (χ0n) is 16.1. The molecule has 128 valence electrons. The van der Waals surface area contributed by atoms with Crippen molar-refractivity contribution in [2.45, 2.75) is 53.9 Å². The summed E-state index contributed by atoms with van der Waals surface area (Å²) >= 11 is 0. The Labute approximate surface area is 145 Å². The number of carbonyl (C=O) groups excluding carboxylic acids is 1. The Hall–Kier alpha value is -2.09. The van der Waals surface area contributed by atoms with Gasteiger partial charge in [-0.2, -0.15) is 0 Å². The number of ketones is 1. The molecule has 0 amide bonds. The SMILES string of the molecule is COc1c(C)cc(C(C)(C)c2cc(C)c(C(C)=O)c(C)c2)cc1C. The van der Waals surface area contributed by atoms with Crippen LogP contribution in [0.4, 0.5) is 0 Å². The average Bonchev–Trinajstić information content (AvgIpc) is 2.45. The Morgan fingerprint density at radius 3 is 1.54 bits per heavy atom. The van der Waals surface area contributed by atoms with E-state index in [2.05, 4.69) is 52.0 Å². The first-order valence-electron chi connectivity index (χ1n) is 8.38. The number of hydrogen-bond donors (Lipinski definition) is 0. The van der Waals surface area contributed by atoms with Crippen LogP contribution in [0.5, 0.6) is 5.75 Å². The molecular formula is C22H28O2. The third kappa shape index (κ3) is 3.10. The average molecular weight is 324 g/mol. The lowest BCUT2D eigenvalue weighted by molar-refractivity contribution is 0.101. The summed E-state index contributed by atoms with van der Waals surface area (Å²) in [5.74, 6) is 1.08. The second-order valence-electron chi connectivity index (χ2n) is 7.31. The summed E-state index contributed by atoms with van der Waals surface area (Å²) in [6.07, 6.45) is 0. The standard InChI is InChI=1S/C22H28O2/c1-13-9-18(10-14(2)20(13)17(5)23)22(6,7)19-11-15(3)21(24-8)16(4)12-19/h9-12H,1-8H3. The number of rotatable bonds is 4. The van der Waals surface area contributed by atoms with E-state index in [0.717, 1.165) is 33.6 Å². The van der Waals surface area contributed by atoms with Crippen molar-refractivity contribution in [3.8, 4) is 5.75 Å². The second-order valence-corrected chi connectivity index (χ2v) is 7.31. The summed E-state index contributed by atoms with van der Waals surface area (Å²) in [6.45, 7) is 14.3. The highest BCUT2D eigenvalue weighted by molar-refractivity contribution is 5.97. The van der Waals surface area contributed by atoms with Crippen LogP contribution in [0, 0.1) is 27.7 Å². The van der Waals surface area contributed by atoms with Gasteiger partial charge in [0, 0.05) is 11.0 Å². The summed E-state index contributed by atoms with van der Waals surface area (Å²) in [5, 5.41) is 0. The lowest BCUT2D eigenvalue weighted by atomic mass is 9.75. The Balaban J connectivity index is 2.61. The van der Waals surface area contributed by atoms with E-state index in [-0.39, 0.29) is 11.2 Å². The van der Waals surface area contributed by atoms with Crippen LogP contribution in [-0.4, -0.2) is 12.9 Å². The molecule has 0 radical (unpaired) electrons. The van der Waals surface area contributed by atoms with Crippen molar-refractivity contribution >= 4 is 5.78 Å². The second kappa shape index (κ2) is 6.43. The van der Waals surface area contributed by atoms with Crippen molar-refractivity contribution < 1.29 is 9.53 Å². The molecule has 2 nitrogen and oxygen atoms in total. The van der Waals surface area contributed by atoms with Crippen LogP contribution >= 0.6 is 0 Å². The van der Waals surface area contributed by atoms with Gasteiger partial charge in [0.2, 0.25) is 0 Å². The highest BCUT2D eigenvalue weighted by Crippen LogP contribution is 2.37. The minimum Gasteiger partial charge on any atom is -0.496 e. The zero-order chi connectivity index (χ0) is 18.2. The first-order chi connectivity index (χ1) is 11.1. The van der Waals surface area contributed by atoms with Crippen LogP contribution in [0.3, 0.4) is 0 Å². The highest BCUT2D eigenvalue weighted by Gasteiger charge is 2.26. The molecule has 0 atom stereocenters. The molecule has 0 spiro atoms. The summed E-state index contributed by atoms with van der Waals surface area (Å²) in [7, 11) is 1.72. The van der Waals surface area contributed by atoms with Gasteiger partial charge < -0.3 is 4.74 Å². The van der Waals surface area contributed by atoms with Gasteiger partial charge in [0.15, 0.2) is 5.78 Å². The predicted molar refractivity (Wildman–Crippen MR) is 101 cm³/mol. The molecule has 0 aliphatic carbocycles. The fourth-order valence-corrected chi connectivity index (χ4v) is 3.68. The van der Waals surface area contributed by atoms with Crippen LogP contribution < -0.4 is 4.74 Å². The van der Waals surface area contributed by atoms with Gasteiger partial charge >= 0.3 is 0 Å². The number of benzene rings is 2. The van der Waals surface area contributed by atoms with E-state index in [1.807, 2.05) is 13.8 Å². The molecule has 0 heterocycles. The molecule has 0 saturated carbocycles. The smallest absolute Gasteiger partial charge is 0.160 e. The molecule has 2 aromatic rings. The molecular weight excluding hydrogens is 296 g/mol. The minimum atomic E-state index is -0.146. The molecule has 0 fully saturated rings. The van der Waals surface area contributed by atoms with Crippen LogP contribution in [0.15, 0.2) is 24.3 Å². The molecule has 2 heteroatoms. The van der Waals surface area contributed by atoms with E-state index in [4.69, 9.17) is 4.74 Å². The van der Waals surface area contributed by atoms with E-state index < -0.39 is 0 Å². The molecule has 2 aromatic carbocycles. The van der Waals surface area contributed by atoms with Crippen molar-refractivity contribution in [2.24, 2.45) is 0 Å². The Kier molecular flexibility index (Phi) is 4.89. The number of methoxy groups -OCH3 is 1. The first-order valence-corrected chi connectivity index (χ1v) is 8.38. The van der Waals surface area contributed by atoms with Crippen LogP contribution in [0.2, 0.25) is 0 Å². The normalized spacial score (nSPS) is 11.5. The Morgan fingerprint density at radius 1 is 0.833 bits per heavy atom. The molecule has 0 saturated heterocycles. The van der Waals surface area contributed by atoms with Gasteiger partial charge in [-0.1, -0.05) is 38.1 Å². The van der Waals surface area contributed by atoms with Crippen LogP contribution in [0.1, 0.15) is 64.5 Å². The van der Waals surface area contributed by atoms with Gasteiger partial charge in [-0.3, -0.25) is 4.79 Å². The van der Waals surface area contributed by atoms with Gasteiger partial charge in [0.1, 0.15) is 5.75 Å². The minimum absolute atomic E-state index is 0.130. The zero-order valence-corrected chi connectivity index (χ0v) is 16.1. The van der Waals surface area contributed by atoms with Crippen LogP contribution in [0.25, 0.3) is 0 Å². The first kappa shape index (κ1) is 18.3. The molecule has 0 aliphatic heterocycles. The summed E-state index contributed by atoms with van der Waals surface area (Å²) in [4.78, 5) is 11.9. The van der Waals surface area contributed by atoms with Gasteiger partial charge in [0.25, 0.3) is 0 Å². The highest BCUT2D eigenvalue weighted by atomic mass is 16.5. The van der Waals surface area contributed by atoms with E-state index in [9.17, 15) is 4.79 Å². The maximum Gasteiger partial charge on any atom is 0.160 e. The molecule has 2 rings (SSSR count). The van der Waals surface area contributed by atoms with E-state index in [0.29, 0.717) is 0 Å². The maximum absolute atomic E-state index is 11.9. The van der Waals surface area contributed by atoms with Crippen molar-refractivity contribution in [3.05, 3.63) is 63.2 Å². The van der Waals surface area contributed by atoms with Crippen molar-refractivity contribution in [3.63, 3.8) is 0 Å². The fraction of sp³-hybridized carbons (Fsp3) is 0.409. The third-order valence-electron chi connectivity index (χ3n) is 4.99. The Morgan fingerprint density at radius 2 is 1.21 bits per heavy atom. The van der Waals surface area contributed by atoms with Gasteiger partial charge in [0.05, 0.1) is 7.11 Å². The molecule has 0 unspecified atom stereocenters. The third-order valence-corrected chi connectivity index (χ3v) is 4.99. The van der Waals surface area contributed by atoms with Crippen molar-refractivity contribution in [1.82, 2.24) is 0 Å². The van der Waals surface area contributed by atoms with Gasteiger partial charge in [-0.05, 0) is 68.0 Å². The summed E-state index contributed by atoms with van der Waals surface area (Å²) < 4.78 is 5.49. The maximum atomic E-state index is 11.9. The summed E-state index contributed by atoms with van der Waals surface area (Å²) in [5.41, 5.74) is 7.58. The van der Waals surface area contributed by atoms with Crippen molar-refractivity contribution in [2.75, 3.05) is 7.11 Å².